The first kappa shape index (κ1) is 39.7. The molecule has 0 fully saturated rings. The van der Waals surface area contributed by atoms with Crippen molar-refractivity contribution in [3.63, 3.8) is 0 Å². The van der Waals surface area contributed by atoms with Crippen LogP contribution in [0.2, 0.25) is 0 Å². The largest absolute Gasteiger partial charge is 0.489 e. The molecular formula is C46H50N4O6. The van der Waals surface area contributed by atoms with Crippen LogP contribution in [0.15, 0.2) is 127 Å². The number of esters is 1. The summed E-state index contributed by atoms with van der Waals surface area (Å²) in [6, 6.07) is 38.3. The zero-order valence-electron chi connectivity index (χ0n) is 32.0. The lowest BCUT2D eigenvalue weighted by Crippen LogP contribution is -2.55. The third-order valence-electron chi connectivity index (χ3n) is 9.82. The summed E-state index contributed by atoms with van der Waals surface area (Å²) >= 11 is 0. The molecule has 1 aliphatic rings. The SMILES string of the molecule is CNCCC[C@@H]1NC(=O)[C@@H](NC)Cc2cc(ccc2OCc2ccccc2)-c2ccc(OCc3ccccc3)c(c2)C[C@@H](C(=O)OCc2ccccc2)NC1=O. The Morgan fingerprint density at radius 2 is 1.16 bits per heavy atom. The number of nitrogens with one attached hydrogen (secondary N) is 4. The van der Waals surface area contributed by atoms with Gasteiger partial charge in [-0.25, -0.2) is 4.79 Å². The standard InChI is InChI=1S/C46H50N4O6/c1-47-24-12-19-39-44(51)50-41(46(53)56-31-34-17-10-5-11-18-34)28-38-26-36(21-23-43(38)55-30-33-15-8-4-9-16-33)35-20-22-42(54-29-32-13-6-3-7-14-32)37(25-35)27-40(48-2)45(52)49-39/h3-11,13-18,20-23,25-26,39-41,47-48H,12,19,24,27-31H2,1-2H3,(H,49,52)(H,50,51)/t39-,40-,41-/m0/s1. The minimum Gasteiger partial charge on any atom is -0.489 e. The number of carbonyl (C=O) groups excluding carboxylic acids is 3. The number of rotatable bonds is 14. The average molecular weight is 755 g/mol. The Morgan fingerprint density at radius 3 is 1.68 bits per heavy atom. The van der Waals surface area contributed by atoms with E-state index in [0.717, 1.165) is 33.4 Å². The zero-order valence-corrected chi connectivity index (χ0v) is 32.0. The number of likely N-dealkylation sites (N-methyl/N-ethyl adjacent to an activating group) is 1. The van der Waals surface area contributed by atoms with Crippen LogP contribution in [0.1, 0.15) is 40.7 Å². The third-order valence-corrected chi connectivity index (χ3v) is 9.82. The summed E-state index contributed by atoms with van der Waals surface area (Å²) in [5.74, 6) is -0.179. The summed E-state index contributed by atoms with van der Waals surface area (Å²) in [6.45, 7) is 1.35. The second-order valence-electron chi connectivity index (χ2n) is 13.9. The zero-order chi connectivity index (χ0) is 39.1. The first-order valence-electron chi connectivity index (χ1n) is 19.1. The maximum Gasteiger partial charge on any atom is 0.329 e. The minimum absolute atomic E-state index is 0.0388. The van der Waals surface area contributed by atoms with Gasteiger partial charge in [-0.05, 0) is 96.7 Å². The smallest absolute Gasteiger partial charge is 0.329 e. The van der Waals surface area contributed by atoms with E-state index >= 15 is 0 Å². The number of fused-ring (bicyclic) bond motifs is 5. The van der Waals surface area contributed by atoms with Crippen LogP contribution >= 0.6 is 0 Å². The highest BCUT2D eigenvalue weighted by Crippen LogP contribution is 2.33. The molecule has 5 aromatic carbocycles. The molecule has 6 rings (SSSR count). The van der Waals surface area contributed by atoms with E-state index in [9.17, 15) is 14.4 Å². The van der Waals surface area contributed by atoms with Crippen molar-refractivity contribution in [2.45, 2.75) is 63.6 Å². The van der Waals surface area contributed by atoms with Gasteiger partial charge in [-0.2, -0.15) is 0 Å². The minimum atomic E-state index is -1.08. The Kier molecular flexibility index (Phi) is 14.2. The lowest BCUT2D eigenvalue weighted by Gasteiger charge is -2.25. The van der Waals surface area contributed by atoms with Crippen LogP contribution in [0.5, 0.6) is 11.5 Å². The molecule has 2 amide bonds. The summed E-state index contributed by atoms with van der Waals surface area (Å²) in [5.41, 5.74) is 6.13. The lowest BCUT2D eigenvalue weighted by atomic mass is 9.95. The van der Waals surface area contributed by atoms with Gasteiger partial charge in [-0.3, -0.25) is 9.59 Å². The maximum atomic E-state index is 14.2. The van der Waals surface area contributed by atoms with Crippen molar-refractivity contribution in [3.05, 3.63) is 155 Å². The molecular weight excluding hydrogens is 705 g/mol. The van der Waals surface area contributed by atoms with Crippen LogP contribution in [-0.4, -0.2) is 56.5 Å². The summed E-state index contributed by atoms with van der Waals surface area (Å²) < 4.78 is 18.6. The van der Waals surface area contributed by atoms with E-state index < -0.39 is 30.0 Å². The monoisotopic (exact) mass is 754 g/mol. The fourth-order valence-electron chi connectivity index (χ4n) is 6.67. The summed E-state index contributed by atoms with van der Waals surface area (Å²) in [4.78, 5) is 42.2. The van der Waals surface area contributed by atoms with Crippen molar-refractivity contribution in [2.24, 2.45) is 0 Å². The summed E-state index contributed by atoms with van der Waals surface area (Å²) in [7, 11) is 3.56. The van der Waals surface area contributed by atoms with Crippen molar-refractivity contribution >= 4 is 17.8 Å². The van der Waals surface area contributed by atoms with Gasteiger partial charge in [0, 0.05) is 12.8 Å². The molecule has 4 N–H and O–H groups in total. The molecule has 0 radical (unpaired) electrons. The van der Waals surface area contributed by atoms with E-state index in [1.807, 2.05) is 134 Å². The van der Waals surface area contributed by atoms with Gasteiger partial charge in [0.05, 0.1) is 6.04 Å². The van der Waals surface area contributed by atoms with Gasteiger partial charge >= 0.3 is 5.97 Å². The Morgan fingerprint density at radius 1 is 0.643 bits per heavy atom. The lowest BCUT2D eigenvalue weighted by molar-refractivity contribution is -0.149. The van der Waals surface area contributed by atoms with Gasteiger partial charge < -0.3 is 35.5 Å². The Balaban J connectivity index is 1.41. The second-order valence-corrected chi connectivity index (χ2v) is 13.9. The van der Waals surface area contributed by atoms with E-state index in [1.165, 1.54) is 0 Å². The number of hydrogen-bond donors (Lipinski definition) is 4. The molecule has 0 aliphatic carbocycles. The molecule has 0 spiro atoms. The number of carbonyl (C=O) groups is 3. The number of amides is 2. The molecule has 0 unspecified atom stereocenters. The van der Waals surface area contributed by atoms with Gasteiger partial charge in [-0.1, -0.05) is 103 Å². The molecule has 1 aliphatic heterocycles. The summed E-state index contributed by atoms with van der Waals surface area (Å²) in [5, 5.41) is 12.2. The quantitative estimate of drug-likeness (QED) is 0.0815. The van der Waals surface area contributed by atoms with Crippen molar-refractivity contribution < 1.29 is 28.6 Å². The van der Waals surface area contributed by atoms with E-state index in [2.05, 4.69) is 21.3 Å². The molecule has 0 saturated carbocycles. The number of ether oxygens (including phenoxy) is 3. The van der Waals surface area contributed by atoms with Crippen LogP contribution in [-0.2, 0) is 51.8 Å². The number of hydrogen-bond acceptors (Lipinski definition) is 8. The normalized spacial score (nSPS) is 17.1. The molecule has 0 saturated heterocycles. The van der Waals surface area contributed by atoms with Crippen molar-refractivity contribution in [1.82, 2.24) is 21.3 Å². The predicted molar refractivity (Wildman–Crippen MR) is 217 cm³/mol. The Hall–Kier alpha value is -5.97. The van der Waals surface area contributed by atoms with E-state index in [0.29, 0.717) is 56.1 Å². The van der Waals surface area contributed by atoms with Crippen molar-refractivity contribution in [2.75, 3.05) is 20.6 Å². The average Bonchev–Trinajstić information content (AvgIpc) is 3.23. The Labute approximate surface area is 329 Å². The van der Waals surface area contributed by atoms with Crippen LogP contribution in [0.3, 0.4) is 0 Å². The molecule has 1 heterocycles. The highest BCUT2D eigenvalue weighted by Gasteiger charge is 2.31. The molecule has 10 nitrogen and oxygen atoms in total. The molecule has 3 atom stereocenters. The van der Waals surface area contributed by atoms with Crippen molar-refractivity contribution in [3.8, 4) is 22.6 Å². The first-order chi connectivity index (χ1) is 27.4. The first-order valence-corrected chi connectivity index (χ1v) is 19.1. The van der Waals surface area contributed by atoms with E-state index in [-0.39, 0.29) is 18.9 Å². The molecule has 10 heteroatoms. The predicted octanol–water partition coefficient (Wildman–Crippen LogP) is 5.91. The van der Waals surface area contributed by atoms with E-state index in [1.54, 1.807) is 7.05 Å². The molecule has 56 heavy (non-hydrogen) atoms. The van der Waals surface area contributed by atoms with Gasteiger partial charge in [-0.15, -0.1) is 0 Å². The van der Waals surface area contributed by atoms with Crippen molar-refractivity contribution in [1.29, 1.82) is 0 Å². The van der Waals surface area contributed by atoms with Gasteiger partial charge in [0.2, 0.25) is 11.8 Å². The van der Waals surface area contributed by atoms with E-state index in [4.69, 9.17) is 14.2 Å². The van der Waals surface area contributed by atoms with Crippen LogP contribution in [0, 0.1) is 0 Å². The second kappa shape index (κ2) is 20.1. The summed E-state index contributed by atoms with van der Waals surface area (Å²) in [6.07, 6.45) is 1.34. The van der Waals surface area contributed by atoms with Gasteiger partial charge in [0.15, 0.2) is 0 Å². The number of benzene rings is 5. The van der Waals surface area contributed by atoms with Gasteiger partial charge in [0.25, 0.3) is 0 Å². The topological polar surface area (TPSA) is 127 Å². The molecule has 4 bridgehead atoms. The maximum absolute atomic E-state index is 14.2. The molecule has 0 aromatic heterocycles. The fraction of sp³-hybridized carbons (Fsp3) is 0.283. The fourth-order valence-corrected chi connectivity index (χ4v) is 6.67. The van der Waals surface area contributed by atoms with Crippen LogP contribution in [0.4, 0.5) is 0 Å². The highest BCUT2D eigenvalue weighted by molar-refractivity contribution is 5.92. The van der Waals surface area contributed by atoms with Gasteiger partial charge in [0.1, 0.15) is 43.4 Å². The third kappa shape index (κ3) is 11.1. The van der Waals surface area contributed by atoms with Crippen LogP contribution < -0.4 is 30.7 Å². The molecule has 5 aromatic rings. The Bertz CT molecular complexity index is 2040. The molecule has 290 valence electrons. The van der Waals surface area contributed by atoms with Crippen LogP contribution in [0.25, 0.3) is 11.1 Å². The highest BCUT2D eigenvalue weighted by atomic mass is 16.5.